The first kappa shape index (κ1) is 14.7. The summed E-state index contributed by atoms with van der Waals surface area (Å²) in [5.41, 5.74) is 3.65. The van der Waals surface area contributed by atoms with Crippen LogP contribution in [0.25, 0.3) is 11.3 Å². The van der Waals surface area contributed by atoms with Gasteiger partial charge in [-0.1, -0.05) is 24.3 Å². The van der Waals surface area contributed by atoms with Crippen molar-refractivity contribution in [3.8, 4) is 11.3 Å². The first-order valence-corrected chi connectivity index (χ1v) is 8.45. The molecule has 21 heavy (non-hydrogen) atoms. The molecule has 1 aromatic carbocycles. The predicted octanol–water partition coefficient (Wildman–Crippen LogP) is 3.26. The number of hydrogen-bond donors (Lipinski definition) is 1. The van der Waals surface area contributed by atoms with Crippen LogP contribution in [0.3, 0.4) is 0 Å². The zero-order chi connectivity index (χ0) is 14.9. The van der Waals surface area contributed by atoms with Gasteiger partial charge >= 0.3 is 0 Å². The number of hydrogen-bond acceptors (Lipinski definition) is 4. The van der Waals surface area contributed by atoms with Gasteiger partial charge in [-0.15, -0.1) is 11.3 Å². The third-order valence-electron chi connectivity index (χ3n) is 4.36. The van der Waals surface area contributed by atoms with Gasteiger partial charge in [-0.3, -0.25) is 4.90 Å². The van der Waals surface area contributed by atoms with E-state index in [4.69, 9.17) is 4.98 Å². The summed E-state index contributed by atoms with van der Waals surface area (Å²) in [5.74, 6) is 0. The van der Waals surface area contributed by atoms with Crippen LogP contribution in [0.15, 0.2) is 29.6 Å². The van der Waals surface area contributed by atoms with E-state index in [1.54, 1.807) is 11.3 Å². The molecule has 1 aliphatic rings. The monoisotopic (exact) mass is 301 g/mol. The average molecular weight is 301 g/mol. The fourth-order valence-corrected chi connectivity index (χ4v) is 3.87. The molecule has 2 aromatic rings. The minimum Gasteiger partial charge on any atom is -0.314 e. The van der Waals surface area contributed by atoms with Crippen LogP contribution in [0, 0.1) is 6.92 Å². The third kappa shape index (κ3) is 2.89. The molecule has 1 saturated heterocycles. The molecule has 0 aliphatic carbocycles. The van der Waals surface area contributed by atoms with E-state index >= 15 is 0 Å². The van der Waals surface area contributed by atoms with E-state index in [1.165, 1.54) is 16.1 Å². The molecule has 0 spiro atoms. The standard InChI is InChI=1S/C17H23N3S/c1-13-6-4-5-7-14(13)15-12-21-16(19-15)17(2,3)20-10-8-18-9-11-20/h4-7,12,18H,8-11H2,1-3H3. The van der Waals surface area contributed by atoms with Gasteiger partial charge in [0, 0.05) is 37.1 Å². The SMILES string of the molecule is Cc1ccccc1-c1csc(C(C)(C)N2CCNCC2)n1. The lowest BCUT2D eigenvalue weighted by atomic mass is 10.0. The number of rotatable bonds is 3. The van der Waals surface area contributed by atoms with Crippen molar-refractivity contribution in [1.29, 1.82) is 0 Å². The maximum Gasteiger partial charge on any atom is 0.113 e. The predicted molar refractivity (Wildman–Crippen MR) is 89.8 cm³/mol. The van der Waals surface area contributed by atoms with Crippen molar-refractivity contribution in [1.82, 2.24) is 15.2 Å². The van der Waals surface area contributed by atoms with E-state index in [0.717, 1.165) is 31.9 Å². The Kier molecular flexibility index (Phi) is 4.11. The van der Waals surface area contributed by atoms with Crippen LogP contribution >= 0.6 is 11.3 Å². The summed E-state index contributed by atoms with van der Waals surface area (Å²) in [7, 11) is 0. The Labute approximate surface area is 131 Å². The summed E-state index contributed by atoms with van der Waals surface area (Å²) in [6.45, 7) is 11.0. The largest absolute Gasteiger partial charge is 0.314 e. The molecule has 1 N–H and O–H groups in total. The van der Waals surface area contributed by atoms with E-state index < -0.39 is 0 Å². The van der Waals surface area contributed by atoms with Crippen molar-refractivity contribution in [2.24, 2.45) is 0 Å². The molecule has 0 unspecified atom stereocenters. The Bertz CT molecular complexity index is 612. The quantitative estimate of drug-likeness (QED) is 0.943. The lowest BCUT2D eigenvalue weighted by Crippen LogP contribution is -2.51. The third-order valence-corrected chi connectivity index (χ3v) is 5.51. The Morgan fingerprint density at radius 2 is 1.90 bits per heavy atom. The number of nitrogens with zero attached hydrogens (tertiary/aromatic N) is 2. The van der Waals surface area contributed by atoms with Gasteiger partial charge in [-0.2, -0.15) is 0 Å². The molecule has 0 amide bonds. The van der Waals surface area contributed by atoms with Gasteiger partial charge in [0.2, 0.25) is 0 Å². The highest BCUT2D eigenvalue weighted by atomic mass is 32.1. The van der Waals surface area contributed by atoms with Crippen LogP contribution in [0.1, 0.15) is 24.4 Å². The maximum atomic E-state index is 4.94. The summed E-state index contributed by atoms with van der Waals surface area (Å²) < 4.78 is 0. The molecule has 3 rings (SSSR count). The molecule has 1 aromatic heterocycles. The van der Waals surface area contributed by atoms with Gasteiger partial charge in [-0.25, -0.2) is 4.98 Å². The highest BCUT2D eigenvalue weighted by Gasteiger charge is 2.32. The van der Waals surface area contributed by atoms with Crippen molar-refractivity contribution in [3.05, 3.63) is 40.2 Å². The second kappa shape index (κ2) is 5.87. The lowest BCUT2D eigenvalue weighted by molar-refractivity contribution is 0.102. The Hall–Kier alpha value is -1.23. The van der Waals surface area contributed by atoms with Crippen molar-refractivity contribution >= 4 is 11.3 Å². The molecule has 1 aliphatic heterocycles. The maximum absolute atomic E-state index is 4.94. The van der Waals surface area contributed by atoms with E-state index in [2.05, 4.69) is 60.6 Å². The van der Waals surface area contributed by atoms with Crippen LogP contribution in [0.4, 0.5) is 0 Å². The Balaban J connectivity index is 1.89. The normalized spacial score (nSPS) is 17.1. The lowest BCUT2D eigenvalue weighted by Gasteiger charge is -2.39. The van der Waals surface area contributed by atoms with Crippen molar-refractivity contribution in [2.45, 2.75) is 26.3 Å². The number of aryl methyl sites for hydroxylation is 1. The summed E-state index contributed by atoms with van der Waals surface area (Å²) in [4.78, 5) is 7.48. The molecule has 2 heterocycles. The molecule has 0 atom stereocenters. The van der Waals surface area contributed by atoms with Gasteiger partial charge in [0.05, 0.1) is 11.2 Å². The van der Waals surface area contributed by atoms with Crippen molar-refractivity contribution in [2.75, 3.05) is 26.2 Å². The van der Waals surface area contributed by atoms with E-state index in [0.29, 0.717) is 0 Å². The van der Waals surface area contributed by atoms with Crippen molar-refractivity contribution < 1.29 is 0 Å². The molecular weight excluding hydrogens is 278 g/mol. The van der Waals surface area contributed by atoms with Gasteiger partial charge in [0.25, 0.3) is 0 Å². The zero-order valence-electron chi connectivity index (χ0n) is 13.0. The number of nitrogens with one attached hydrogen (secondary N) is 1. The van der Waals surface area contributed by atoms with E-state index in [1.807, 2.05) is 0 Å². The van der Waals surface area contributed by atoms with Crippen LogP contribution in [0.2, 0.25) is 0 Å². The van der Waals surface area contributed by atoms with Crippen LogP contribution in [-0.2, 0) is 5.54 Å². The first-order valence-electron chi connectivity index (χ1n) is 7.57. The van der Waals surface area contributed by atoms with Gasteiger partial charge in [-0.05, 0) is 26.3 Å². The van der Waals surface area contributed by atoms with Gasteiger partial charge in [0.15, 0.2) is 0 Å². The second-order valence-electron chi connectivity index (χ2n) is 6.15. The molecule has 3 nitrogen and oxygen atoms in total. The number of thiazole rings is 1. The fourth-order valence-electron chi connectivity index (χ4n) is 2.90. The molecule has 112 valence electrons. The minimum absolute atomic E-state index is 0.00764. The molecule has 1 fully saturated rings. The summed E-state index contributed by atoms with van der Waals surface area (Å²) in [5, 5.41) is 6.82. The Morgan fingerprint density at radius 3 is 2.62 bits per heavy atom. The Morgan fingerprint density at radius 1 is 1.19 bits per heavy atom. The summed E-state index contributed by atoms with van der Waals surface area (Å²) >= 11 is 1.78. The first-order chi connectivity index (χ1) is 10.1. The average Bonchev–Trinajstić information content (AvgIpc) is 2.99. The van der Waals surface area contributed by atoms with Crippen molar-refractivity contribution in [3.63, 3.8) is 0 Å². The zero-order valence-corrected chi connectivity index (χ0v) is 13.8. The number of aromatic nitrogens is 1. The molecule has 0 bridgehead atoms. The van der Waals surface area contributed by atoms with Crippen LogP contribution < -0.4 is 5.32 Å². The van der Waals surface area contributed by atoms with E-state index in [9.17, 15) is 0 Å². The summed E-state index contributed by atoms with van der Waals surface area (Å²) in [6.07, 6.45) is 0. The molecular formula is C17H23N3S. The fraction of sp³-hybridized carbons (Fsp3) is 0.471. The number of piperazine rings is 1. The van der Waals surface area contributed by atoms with Gasteiger partial charge < -0.3 is 5.32 Å². The highest BCUT2D eigenvalue weighted by Crippen LogP contribution is 2.33. The molecule has 0 radical (unpaired) electrons. The summed E-state index contributed by atoms with van der Waals surface area (Å²) in [6, 6.07) is 8.47. The van der Waals surface area contributed by atoms with E-state index in [-0.39, 0.29) is 5.54 Å². The van der Waals surface area contributed by atoms with Gasteiger partial charge in [0.1, 0.15) is 5.01 Å². The molecule has 0 saturated carbocycles. The van der Waals surface area contributed by atoms with Crippen LogP contribution in [-0.4, -0.2) is 36.1 Å². The highest BCUT2D eigenvalue weighted by molar-refractivity contribution is 7.10. The minimum atomic E-state index is 0.00764. The smallest absolute Gasteiger partial charge is 0.113 e. The number of benzene rings is 1. The second-order valence-corrected chi connectivity index (χ2v) is 7.01. The topological polar surface area (TPSA) is 28.2 Å². The molecule has 4 heteroatoms. The van der Waals surface area contributed by atoms with Crippen LogP contribution in [0.5, 0.6) is 0 Å².